The first-order valence-corrected chi connectivity index (χ1v) is 9.56. The lowest BCUT2D eigenvalue weighted by atomic mass is 9.89. The largest absolute Gasteiger partial charge is 0.351 e. The van der Waals surface area contributed by atoms with E-state index in [1.54, 1.807) is 22.9 Å². The minimum atomic E-state index is -0.387. The SMILES string of the molecule is CN1CC(C(=O)NCc2cccc(N3CCCC3=O)c2)c2ccccc2C1=O. The Labute approximate surface area is 164 Å². The lowest BCUT2D eigenvalue weighted by Crippen LogP contribution is -2.43. The van der Waals surface area contributed by atoms with Crippen molar-refractivity contribution in [1.82, 2.24) is 10.2 Å². The van der Waals surface area contributed by atoms with Crippen LogP contribution in [0.2, 0.25) is 0 Å². The van der Waals surface area contributed by atoms with Crippen LogP contribution in [0.25, 0.3) is 0 Å². The third-order valence-corrected chi connectivity index (χ3v) is 5.45. The van der Waals surface area contributed by atoms with Gasteiger partial charge >= 0.3 is 0 Å². The number of hydrogen-bond donors (Lipinski definition) is 1. The number of nitrogens with one attached hydrogen (secondary N) is 1. The smallest absolute Gasteiger partial charge is 0.253 e. The molecule has 2 aromatic rings. The fraction of sp³-hybridized carbons (Fsp3) is 0.318. The van der Waals surface area contributed by atoms with Gasteiger partial charge < -0.3 is 15.1 Å². The van der Waals surface area contributed by atoms with E-state index in [0.29, 0.717) is 25.1 Å². The van der Waals surface area contributed by atoms with E-state index in [9.17, 15) is 14.4 Å². The average Bonchev–Trinajstić information content (AvgIpc) is 3.15. The molecule has 2 heterocycles. The van der Waals surface area contributed by atoms with Gasteiger partial charge in [0, 0.05) is 44.4 Å². The number of carbonyl (C=O) groups is 3. The summed E-state index contributed by atoms with van der Waals surface area (Å²) in [7, 11) is 1.72. The van der Waals surface area contributed by atoms with Crippen molar-refractivity contribution in [3.05, 3.63) is 65.2 Å². The molecule has 3 amide bonds. The third kappa shape index (κ3) is 3.38. The van der Waals surface area contributed by atoms with E-state index < -0.39 is 0 Å². The van der Waals surface area contributed by atoms with E-state index in [2.05, 4.69) is 5.32 Å². The number of rotatable bonds is 4. The highest BCUT2D eigenvalue weighted by atomic mass is 16.2. The van der Waals surface area contributed by atoms with Crippen molar-refractivity contribution >= 4 is 23.4 Å². The predicted octanol–water partition coefficient (Wildman–Crippen LogP) is 2.30. The fourth-order valence-electron chi connectivity index (χ4n) is 3.95. The average molecular weight is 377 g/mol. The Morgan fingerprint density at radius 3 is 2.75 bits per heavy atom. The van der Waals surface area contributed by atoms with E-state index in [1.165, 1.54) is 0 Å². The standard InChI is InChI=1S/C22H23N3O3/c1-24-14-19(17-8-2-3-9-18(17)22(24)28)21(27)23-13-15-6-4-7-16(12-15)25-11-5-10-20(25)26/h2-4,6-9,12,19H,5,10-11,13-14H2,1H3,(H,23,27). The molecule has 4 rings (SSSR count). The van der Waals surface area contributed by atoms with Crippen LogP contribution in [0.5, 0.6) is 0 Å². The Morgan fingerprint density at radius 2 is 1.96 bits per heavy atom. The first kappa shape index (κ1) is 18.2. The van der Waals surface area contributed by atoms with Gasteiger partial charge in [-0.25, -0.2) is 0 Å². The molecule has 2 aliphatic rings. The number of carbonyl (C=O) groups excluding carboxylic acids is 3. The van der Waals surface area contributed by atoms with Gasteiger partial charge in [-0.2, -0.15) is 0 Å². The van der Waals surface area contributed by atoms with Crippen LogP contribution in [0, 0.1) is 0 Å². The van der Waals surface area contributed by atoms with Gasteiger partial charge in [-0.05, 0) is 35.7 Å². The molecular formula is C22H23N3O3. The Bertz CT molecular complexity index is 940. The van der Waals surface area contributed by atoms with E-state index in [-0.39, 0.29) is 23.6 Å². The minimum Gasteiger partial charge on any atom is -0.351 e. The summed E-state index contributed by atoms with van der Waals surface area (Å²) < 4.78 is 0. The van der Waals surface area contributed by atoms with E-state index in [1.807, 2.05) is 42.5 Å². The highest BCUT2D eigenvalue weighted by Gasteiger charge is 2.33. The first-order chi connectivity index (χ1) is 13.5. The molecule has 144 valence electrons. The van der Waals surface area contributed by atoms with Gasteiger partial charge in [-0.1, -0.05) is 30.3 Å². The molecule has 0 aromatic heterocycles. The second kappa shape index (κ2) is 7.46. The van der Waals surface area contributed by atoms with Crippen LogP contribution in [0.1, 0.15) is 40.2 Å². The number of anilines is 1. The zero-order valence-electron chi connectivity index (χ0n) is 15.9. The molecule has 1 N–H and O–H groups in total. The Balaban J connectivity index is 1.47. The van der Waals surface area contributed by atoms with Gasteiger partial charge in [0.15, 0.2) is 0 Å². The summed E-state index contributed by atoms with van der Waals surface area (Å²) in [6, 6.07) is 15.0. The van der Waals surface area contributed by atoms with Crippen molar-refractivity contribution in [3.63, 3.8) is 0 Å². The Kier molecular flexibility index (Phi) is 4.86. The molecule has 0 aliphatic carbocycles. The monoisotopic (exact) mass is 377 g/mol. The topological polar surface area (TPSA) is 69.7 Å². The molecule has 1 fully saturated rings. The van der Waals surface area contributed by atoms with Crippen molar-refractivity contribution < 1.29 is 14.4 Å². The van der Waals surface area contributed by atoms with E-state index in [4.69, 9.17) is 0 Å². The summed E-state index contributed by atoms with van der Waals surface area (Å²) >= 11 is 0. The molecule has 0 radical (unpaired) electrons. The van der Waals surface area contributed by atoms with Gasteiger partial charge in [0.05, 0.1) is 5.92 Å². The van der Waals surface area contributed by atoms with Crippen molar-refractivity contribution in [2.45, 2.75) is 25.3 Å². The Morgan fingerprint density at radius 1 is 1.14 bits per heavy atom. The molecule has 2 aliphatic heterocycles. The summed E-state index contributed by atoms with van der Waals surface area (Å²) in [5.41, 5.74) is 3.19. The zero-order valence-corrected chi connectivity index (χ0v) is 15.9. The van der Waals surface area contributed by atoms with Crippen LogP contribution >= 0.6 is 0 Å². The summed E-state index contributed by atoms with van der Waals surface area (Å²) in [4.78, 5) is 40.5. The maximum Gasteiger partial charge on any atom is 0.253 e. The molecular weight excluding hydrogens is 354 g/mol. The fourth-order valence-corrected chi connectivity index (χ4v) is 3.95. The van der Waals surface area contributed by atoms with Gasteiger partial charge in [0.25, 0.3) is 5.91 Å². The van der Waals surface area contributed by atoms with Gasteiger partial charge in [-0.15, -0.1) is 0 Å². The molecule has 6 nitrogen and oxygen atoms in total. The summed E-state index contributed by atoms with van der Waals surface area (Å²) in [6.07, 6.45) is 1.47. The third-order valence-electron chi connectivity index (χ3n) is 5.45. The number of likely N-dealkylation sites (N-methyl/N-ethyl adjacent to an activating group) is 1. The Hall–Kier alpha value is -3.15. The normalized spacial score (nSPS) is 19.0. The van der Waals surface area contributed by atoms with Gasteiger partial charge in [0.1, 0.15) is 0 Å². The van der Waals surface area contributed by atoms with Crippen LogP contribution < -0.4 is 10.2 Å². The van der Waals surface area contributed by atoms with Crippen LogP contribution in [0.3, 0.4) is 0 Å². The molecule has 28 heavy (non-hydrogen) atoms. The van der Waals surface area contributed by atoms with Crippen LogP contribution in [0.4, 0.5) is 5.69 Å². The first-order valence-electron chi connectivity index (χ1n) is 9.56. The van der Waals surface area contributed by atoms with Crippen molar-refractivity contribution in [1.29, 1.82) is 0 Å². The van der Waals surface area contributed by atoms with E-state index >= 15 is 0 Å². The van der Waals surface area contributed by atoms with Crippen molar-refractivity contribution in [2.75, 3.05) is 25.0 Å². The second-order valence-electron chi connectivity index (χ2n) is 7.36. The summed E-state index contributed by atoms with van der Waals surface area (Å²) in [5.74, 6) is -0.396. The summed E-state index contributed by atoms with van der Waals surface area (Å²) in [5, 5.41) is 2.99. The molecule has 1 unspecified atom stereocenters. The highest BCUT2D eigenvalue weighted by molar-refractivity contribution is 6.00. The number of fused-ring (bicyclic) bond motifs is 1. The minimum absolute atomic E-state index is 0.0531. The van der Waals surface area contributed by atoms with Crippen LogP contribution in [-0.2, 0) is 16.1 Å². The molecule has 0 saturated carbocycles. The van der Waals surface area contributed by atoms with Gasteiger partial charge in [-0.3, -0.25) is 14.4 Å². The lowest BCUT2D eigenvalue weighted by molar-refractivity contribution is -0.123. The second-order valence-corrected chi connectivity index (χ2v) is 7.36. The van der Waals surface area contributed by atoms with E-state index in [0.717, 1.165) is 29.8 Å². The maximum absolute atomic E-state index is 12.9. The number of amides is 3. The number of nitrogens with zero attached hydrogens (tertiary/aromatic N) is 2. The highest BCUT2D eigenvalue weighted by Crippen LogP contribution is 2.28. The molecule has 0 bridgehead atoms. The number of hydrogen-bond acceptors (Lipinski definition) is 3. The van der Waals surface area contributed by atoms with Gasteiger partial charge in [0.2, 0.25) is 11.8 Å². The molecule has 0 spiro atoms. The van der Waals surface area contributed by atoms with Crippen molar-refractivity contribution in [3.8, 4) is 0 Å². The molecule has 1 saturated heterocycles. The molecule has 2 aromatic carbocycles. The van der Waals surface area contributed by atoms with Crippen LogP contribution in [-0.4, -0.2) is 42.8 Å². The number of benzene rings is 2. The van der Waals surface area contributed by atoms with Crippen molar-refractivity contribution in [2.24, 2.45) is 0 Å². The zero-order chi connectivity index (χ0) is 19.7. The van der Waals surface area contributed by atoms with Crippen LogP contribution in [0.15, 0.2) is 48.5 Å². The quantitative estimate of drug-likeness (QED) is 0.889. The lowest BCUT2D eigenvalue weighted by Gasteiger charge is -2.31. The molecule has 6 heteroatoms. The molecule has 1 atom stereocenters. The predicted molar refractivity (Wildman–Crippen MR) is 106 cm³/mol. The maximum atomic E-state index is 12.9. The summed E-state index contributed by atoms with van der Waals surface area (Å²) in [6.45, 7) is 1.49.